The number of rotatable bonds is 6. The lowest BCUT2D eigenvalue weighted by molar-refractivity contribution is -0.104. The summed E-state index contributed by atoms with van der Waals surface area (Å²) in [5, 5.41) is 3.59. The highest BCUT2D eigenvalue weighted by atomic mass is 16.5. The minimum atomic E-state index is 0.0839. The van der Waals surface area contributed by atoms with Crippen LogP contribution in [0.5, 0.6) is 0 Å². The number of nitrogens with one attached hydrogen (secondary N) is 1. The Morgan fingerprint density at radius 3 is 2.63 bits per heavy atom. The van der Waals surface area contributed by atoms with Crippen LogP contribution in [0, 0.1) is 6.92 Å². The third-order valence-electron chi connectivity index (χ3n) is 6.32. The van der Waals surface area contributed by atoms with Gasteiger partial charge in [-0.25, -0.2) is 9.97 Å². The Labute approximate surface area is 162 Å². The van der Waals surface area contributed by atoms with Crippen molar-refractivity contribution in [2.75, 3.05) is 13.2 Å². The summed E-state index contributed by atoms with van der Waals surface area (Å²) in [4.78, 5) is 13.3. The molecule has 0 amide bonds. The summed E-state index contributed by atoms with van der Waals surface area (Å²) in [5.41, 5.74) is 2.56. The van der Waals surface area contributed by atoms with Gasteiger partial charge in [-0.15, -0.1) is 0 Å². The zero-order chi connectivity index (χ0) is 18.6. The fourth-order valence-electron chi connectivity index (χ4n) is 4.87. The third kappa shape index (κ3) is 4.19. The normalized spacial score (nSPS) is 24.3. The predicted octanol–water partition coefficient (Wildman–Crippen LogP) is 3.72. The quantitative estimate of drug-likeness (QED) is 0.790. The molecule has 3 heterocycles. The number of aryl methyl sites for hydroxylation is 1. The number of hydrogen-bond acceptors (Lipinski definition) is 5. The second kappa shape index (κ2) is 8.03. The van der Waals surface area contributed by atoms with E-state index in [-0.39, 0.29) is 11.0 Å². The zero-order valence-electron chi connectivity index (χ0n) is 16.3. The molecular formula is C22H30N4O. The molecule has 1 N–H and O–H groups in total. The van der Waals surface area contributed by atoms with Crippen LogP contribution in [0.3, 0.4) is 0 Å². The maximum absolute atomic E-state index is 6.33. The fraction of sp³-hybridized carbons (Fsp3) is 0.591. The van der Waals surface area contributed by atoms with Gasteiger partial charge in [0, 0.05) is 48.4 Å². The van der Waals surface area contributed by atoms with Crippen LogP contribution in [0.1, 0.15) is 62.0 Å². The average Bonchev–Trinajstić information content (AvgIpc) is 3.15. The number of aromatic nitrogens is 3. The smallest absolute Gasteiger partial charge is 0.125 e. The van der Waals surface area contributed by atoms with Crippen molar-refractivity contribution < 1.29 is 4.74 Å². The minimum Gasteiger partial charge on any atom is -0.375 e. The molecule has 2 aromatic rings. The van der Waals surface area contributed by atoms with Crippen molar-refractivity contribution in [3.63, 3.8) is 0 Å². The van der Waals surface area contributed by atoms with Gasteiger partial charge in [-0.2, -0.15) is 0 Å². The van der Waals surface area contributed by atoms with E-state index in [0.29, 0.717) is 0 Å². The molecule has 0 radical (unpaired) electrons. The summed E-state index contributed by atoms with van der Waals surface area (Å²) in [6, 6.07) is 6.34. The van der Waals surface area contributed by atoms with Crippen molar-refractivity contribution in [3.8, 4) is 0 Å². The van der Waals surface area contributed by atoms with E-state index < -0.39 is 0 Å². The van der Waals surface area contributed by atoms with E-state index >= 15 is 0 Å². The van der Waals surface area contributed by atoms with Gasteiger partial charge in [-0.1, -0.05) is 18.9 Å². The molecular weight excluding hydrogens is 336 g/mol. The molecule has 1 spiro atoms. The first kappa shape index (κ1) is 18.5. The van der Waals surface area contributed by atoms with Crippen LogP contribution in [-0.4, -0.2) is 33.7 Å². The van der Waals surface area contributed by atoms with Crippen molar-refractivity contribution in [2.24, 2.45) is 0 Å². The second-order valence-electron chi connectivity index (χ2n) is 8.23. The first-order valence-electron chi connectivity index (χ1n) is 10.2. The summed E-state index contributed by atoms with van der Waals surface area (Å²) < 4.78 is 6.33. The Bertz CT molecular complexity index is 728. The van der Waals surface area contributed by atoms with Gasteiger partial charge in [0.1, 0.15) is 5.82 Å². The number of pyridine rings is 1. The van der Waals surface area contributed by atoms with Crippen LogP contribution in [0.15, 0.2) is 36.8 Å². The number of nitrogens with zero attached hydrogens (tertiary/aromatic N) is 3. The Morgan fingerprint density at radius 1 is 1.07 bits per heavy atom. The van der Waals surface area contributed by atoms with Crippen LogP contribution >= 0.6 is 0 Å². The van der Waals surface area contributed by atoms with Crippen LogP contribution in [0.4, 0.5) is 0 Å². The molecule has 144 valence electrons. The van der Waals surface area contributed by atoms with Gasteiger partial charge in [0.15, 0.2) is 0 Å². The molecule has 4 rings (SSSR count). The molecule has 1 aliphatic carbocycles. The lowest BCUT2D eigenvalue weighted by Gasteiger charge is -2.46. The van der Waals surface area contributed by atoms with Crippen molar-refractivity contribution in [2.45, 2.75) is 69.4 Å². The Morgan fingerprint density at radius 2 is 1.89 bits per heavy atom. The van der Waals surface area contributed by atoms with E-state index in [4.69, 9.17) is 9.72 Å². The zero-order valence-corrected chi connectivity index (χ0v) is 16.3. The predicted molar refractivity (Wildman–Crippen MR) is 105 cm³/mol. The third-order valence-corrected chi connectivity index (χ3v) is 6.32. The Balaban J connectivity index is 1.45. The molecule has 1 saturated heterocycles. The Kier molecular flexibility index (Phi) is 5.50. The van der Waals surface area contributed by atoms with Crippen LogP contribution in [-0.2, 0) is 16.7 Å². The van der Waals surface area contributed by atoms with Gasteiger partial charge < -0.3 is 10.1 Å². The molecule has 2 fully saturated rings. The first-order chi connectivity index (χ1) is 13.2. The minimum absolute atomic E-state index is 0.0839. The standard InChI is InChI=1S/C22H30N4O/c1-18-25-15-19(16-26-18)14-23-12-9-21(20-6-2-5-11-24-20)10-13-27-22(17-21)7-3-4-8-22/h2,5-6,11,15-16,23H,3-4,7-10,12-14,17H2,1H3. The average molecular weight is 367 g/mol. The summed E-state index contributed by atoms with van der Waals surface area (Å²) in [6.45, 7) is 4.53. The molecule has 2 aromatic heterocycles. The highest BCUT2D eigenvalue weighted by molar-refractivity contribution is 5.20. The number of ether oxygens (including phenoxy) is 1. The van der Waals surface area contributed by atoms with Crippen molar-refractivity contribution in [1.82, 2.24) is 20.3 Å². The van der Waals surface area contributed by atoms with E-state index in [9.17, 15) is 0 Å². The van der Waals surface area contributed by atoms with Crippen LogP contribution in [0.25, 0.3) is 0 Å². The van der Waals surface area contributed by atoms with Gasteiger partial charge in [0.2, 0.25) is 0 Å². The van der Waals surface area contributed by atoms with E-state index in [1.54, 1.807) is 0 Å². The summed E-state index contributed by atoms with van der Waals surface area (Å²) in [5.74, 6) is 0.817. The van der Waals surface area contributed by atoms with Gasteiger partial charge in [-0.05, 0) is 57.7 Å². The molecule has 1 saturated carbocycles. The van der Waals surface area contributed by atoms with Crippen LogP contribution in [0.2, 0.25) is 0 Å². The number of hydrogen-bond donors (Lipinski definition) is 1. The summed E-state index contributed by atoms with van der Waals surface area (Å²) in [6.07, 6.45) is 14.0. The molecule has 1 unspecified atom stereocenters. The van der Waals surface area contributed by atoms with E-state index in [1.807, 2.05) is 31.6 Å². The summed E-state index contributed by atoms with van der Waals surface area (Å²) in [7, 11) is 0. The molecule has 5 nitrogen and oxygen atoms in total. The molecule has 1 atom stereocenters. The topological polar surface area (TPSA) is 59.9 Å². The van der Waals surface area contributed by atoms with Gasteiger partial charge in [0.25, 0.3) is 0 Å². The van der Waals surface area contributed by atoms with Gasteiger partial charge in [0.05, 0.1) is 5.60 Å². The van der Waals surface area contributed by atoms with Crippen molar-refractivity contribution in [1.29, 1.82) is 0 Å². The van der Waals surface area contributed by atoms with E-state index in [0.717, 1.165) is 50.3 Å². The maximum Gasteiger partial charge on any atom is 0.125 e. The van der Waals surface area contributed by atoms with E-state index in [2.05, 4.69) is 27.4 Å². The lowest BCUT2D eigenvalue weighted by atomic mass is 9.68. The fourth-order valence-corrected chi connectivity index (χ4v) is 4.87. The van der Waals surface area contributed by atoms with E-state index in [1.165, 1.54) is 31.4 Å². The second-order valence-corrected chi connectivity index (χ2v) is 8.23. The summed E-state index contributed by atoms with van der Waals surface area (Å²) >= 11 is 0. The molecule has 1 aliphatic heterocycles. The van der Waals surface area contributed by atoms with Crippen LogP contribution < -0.4 is 5.32 Å². The maximum atomic E-state index is 6.33. The highest BCUT2D eigenvalue weighted by Crippen LogP contribution is 2.49. The molecule has 0 aromatic carbocycles. The van der Waals surface area contributed by atoms with Crippen molar-refractivity contribution in [3.05, 3.63) is 53.9 Å². The highest BCUT2D eigenvalue weighted by Gasteiger charge is 2.48. The Hall–Kier alpha value is -1.85. The van der Waals surface area contributed by atoms with Crippen molar-refractivity contribution >= 4 is 0 Å². The van der Waals surface area contributed by atoms with Gasteiger partial charge in [-0.3, -0.25) is 4.98 Å². The largest absolute Gasteiger partial charge is 0.375 e. The molecule has 2 aliphatic rings. The molecule has 27 heavy (non-hydrogen) atoms. The van der Waals surface area contributed by atoms with Gasteiger partial charge >= 0.3 is 0 Å². The lowest BCUT2D eigenvalue weighted by Crippen LogP contribution is -2.47. The molecule has 0 bridgehead atoms. The molecule has 5 heteroatoms. The first-order valence-corrected chi connectivity index (χ1v) is 10.2. The monoisotopic (exact) mass is 366 g/mol. The SMILES string of the molecule is Cc1ncc(CNCCC2(c3ccccn3)CCOC3(CCCC3)C2)cn1.